The summed E-state index contributed by atoms with van der Waals surface area (Å²) < 4.78 is 12.6. The van der Waals surface area contributed by atoms with Gasteiger partial charge in [-0.25, -0.2) is 4.39 Å². The molecule has 0 aliphatic heterocycles. The van der Waals surface area contributed by atoms with E-state index in [0.29, 0.717) is 19.5 Å². The van der Waals surface area contributed by atoms with Crippen LogP contribution in [0.2, 0.25) is 0 Å². The van der Waals surface area contributed by atoms with E-state index >= 15 is 0 Å². The summed E-state index contributed by atoms with van der Waals surface area (Å²) in [5, 5.41) is 12.9. The Labute approximate surface area is 90.1 Å². The highest BCUT2D eigenvalue weighted by atomic mass is 19.1. The summed E-state index contributed by atoms with van der Waals surface area (Å²) in [7, 11) is 0. The molecule has 0 aromatic heterocycles. The summed E-state index contributed by atoms with van der Waals surface area (Å²) in [6.45, 7) is 4.93. The molecule has 2 nitrogen and oxygen atoms in total. The first-order chi connectivity index (χ1) is 7.03. The van der Waals surface area contributed by atoms with Gasteiger partial charge in [0, 0.05) is 13.1 Å². The lowest BCUT2D eigenvalue weighted by atomic mass is 10.0. The number of benzene rings is 1. The van der Waals surface area contributed by atoms with Crippen molar-refractivity contribution in [3.05, 3.63) is 35.6 Å². The molecule has 1 aromatic rings. The fourth-order valence-corrected chi connectivity index (χ4v) is 1.20. The minimum Gasteiger partial charge on any atom is -0.389 e. The van der Waals surface area contributed by atoms with Crippen molar-refractivity contribution in [2.24, 2.45) is 0 Å². The molecule has 1 rings (SSSR count). The largest absolute Gasteiger partial charge is 0.389 e. The first-order valence-electron chi connectivity index (χ1n) is 5.21. The number of halogens is 1. The summed E-state index contributed by atoms with van der Waals surface area (Å²) in [6, 6.07) is 6.36. The Morgan fingerprint density at radius 3 is 2.47 bits per heavy atom. The zero-order valence-corrected chi connectivity index (χ0v) is 9.26. The molecule has 0 aliphatic rings. The van der Waals surface area contributed by atoms with Crippen LogP contribution in [0.15, 0.2) is 24.3 Å². The van der Waals surface area contributed by atoms with Gasteiger partial charge in [-0.2, -0.15) is 0 Å². The first-order valence-corrected chi connectivity index (χ1v) is 5.21. The van der Waals surface area contributed by atoms with E-state index in [1.807, 2.05) is 6.92 Å². The Morgan fingerprint density at radius 2 is 1.93 bits per heavy atom. The monoisotopic (exact) mass is 211 g/mol. The van der Waals surface area contributed by atoms with Crippen molar-refractivity contribution in [2.45, 2.75) is 32.4 Å². The molecule has 2 N–H and O–H groups in total. The van der Waals surface area contributed by atoms with Crippen molar-refractivity contribution in [2.75, 3.05) is 6.54 Å². The van der Waals surface area contributed by atoms with Crippen LogP contribution in [-0.4, -0.2) is 17.3 Å². The second-order valence-corrected chi connectivity index (χ2v) is 4.08. The van der Waals surface area contributed by atoms with E-state index in [-0.39, 0.29) is 5.82 Å². The Balaban J connectivity index is 2.35. The maximum Gasteiger partial charge on any atom is 0.123 e. The van der Waals surface area contributed by atoms with E-state index < -0.39 is 5.60 Å². The maximum atomic E-state index is 12.6. The Morgan fingerprint density at radius 1 is 1.33 bits per heavy atom. The summed E-state index contributed by atoms with van der Waals surface area (Å²) >= 11 is 0. The standard InChI is InChI=1S/C12H18FNO/c1-3-12(2,15)9-14-8-10-4-6-11(13)7-5-10/h4-7,14-15H,3,8-9H2,1-2H3. The second-order valence-electron chi connectivity index (χ2n) is 4.08. The molecule has 0 saturated heterocycles. The fraction of sp³-hybridized carbons (Fsp3) is 0.500. The van der Waals surface area contributed by atoms with Gasteiger partial charge in [-0.3, -0.25) is 0 Å². The third-order valence-corrected chi connectivity index (χ3v) is 2.51. The number of rotatable bonds is 5. The Bertz CT molecular complexity index is 295. The van der Waals surface area contributed by atoms with E-state index in [4.69, 9.17) is 0 Å². The third kappa shape index (κ3) is 4.40. The molecule has 0 saturated carbocycles. The minimum absolute atomic E-state index is 0.223. The lowest BCUT2D eigenvalue weighted by molar-refractivity contribution is 0.0555. The average Bonchev–Trinajstić information content (AvgIpc) is 2.21. The summed E-state index contributed by atoms with van der Waals surface area (Å²) in [4.78, 5) is 0. The molecular weight excluding hydrogens is 193 g/mol. The van der Waals surface area contributed by atoms with Gasteiger partial charge in [0.15, 0.2) is 0 Å². The van der Waals surface area contributed by atoms with Crippen molar-refractivity contribution >= 4 is 0 Å². The smallest absolute Gasteiger partial charge is 0.123 e. The van der Waals surface area contributed by atoms with Crippen LogP contribution in [0.3, 0.4) is 0 Å². The van der Waals surface area contributed by atoms with Crippen LogP contribution >= 0.6 is 0 Å². The molecule has 0 radical (unpaired) electrons. The summed E-state index contributed by atoms with van der Waals surface area (Å²) in [5.41, 5.74) is 0.350. The quantitative estimate of drug-likeness (QED) is 0.781. The molecule has 15 heavy (non-hydrogen) atoms. The van der Waals surface area contributed by atoms with Gasteiger partial charge in [0.1, 0.15) is 5.82 Å². The van der Waals surface area contributed by atoms with Gasteiger partial charge in [-0.1, -0.05) is 19.1 Å². The minimum atomic E-state index is -0.667. The molecule has 84 valence electrons. The topological polar surface area (TPSA) is 32.3 Å². The van der Waals surface area contributed by atoms with Gasteiger partial charge in [0.2, 0.25) is 0 Å². The maximum absolute atomic E-state index is 12.6. The SMILES string of the molecule is CCC(C)(O)CNCc1ccc(F)cc1. The molecule has 0 heterocycles. The highest BCUT2D eigenvalue weighted by Gasteiger charge is 2.15. The Kier molecular flexibility index (Phi) is 4.24. The van der Waals surface area contributed by atoms with Crippen LogP contribution in [-0.2, 0) is 6.54 Å². The number of nitrogens with one attached hydrogen (secondary N) is 1. The van der Waals surface area contributed by atoms with Gasteiger partial charge < -0.3 is 10.4 Å². The zero-order valence-electron chi connectivity index (χ0n) is 9.26. The lowest BCUT2D eigenvalue weighted by Gasteiger charge is -2.21. The Hall–Kier alpha value is -0.930. The second kappa shape index (κ2) is 5.24. The predicted octanol–water partition coefficient (Wildman–Crippen LogP) is 2.08. The third-order valence-electron chi connectivity index (χ3n) is 2.51. The van der Waals surface area contributed by atoms with Crippen LogP contribution in [0.1, 0.15) is 25.8 Å². The lowest BCUT2D eigenvalue weighted by Crippen LogP contribution is -2.36. The average molecular weight is 211 g/mol. The predicted molar refractivity (Wildman–Crippen MR) is 59.0 cm³/mol. The molecule has 3 heteroatoms. The van der Waals surface area contributed by atoms with Crippen LogP contribution in [0, 0.1) is 5.82 Å². The fourth-order valence-electron chi connectivity index (χ4n) is 1.20. The van der Waals surface area contributed by atoms with Crippen molar-refractivity contribution in [1.82, 2.24) is 5.32 Å². The molecule has 0 fully saturated rings. The van der Waals surface area contributed by atoms with Gasteiger partial charge in [-0.15, -0.1) is 0 Å². The summed E-state index contributed by atoms with van der Waals surface area (Å²) in [5.74, 6) is -0.223. The van der Waals surface area contributed by atoms with E-state index in [1.165, 1.54) is 12.1 Å². The van der Waals surface area contributed by atoms with E-state index in [9.17, 15) is 9.50 Å². The van der Waals surface area contributed by atoms with Gasteiger partial charge in [0.05, 0.1) is 5.60 Å². The first kappa shape index (κ1) is 12.1. The van der Waals surface area contributed by atoms with Crippen molar-refractivity contribution in [3.63, 3.8) is 0 Å². The van der Waals surface area contributed by atoms with Gasteiger partial charge in [-0.05, 0) is 31.0 Å². The molecule has 0 bridgehead atoms. The number of hydrogen-bond donors (Lipinski definition) is 2. The van der Waals surface area contributed by atoms with E-state index in [1.54, 1.807) is 19.1 Å². The normalized spacial score (nSPS) is 14.9. The van der Waals surface area contributed by atoms with Gasteiger partial charge in [0.25, 0.3) is 0 Å². The molecule has 1 unspecified atom stereocenters. The highest BCUT2D eigenvalue weighted by Crippen LogP contribution is 2.07. The zero-order chi connectivity index (χ0) is 11.3. The summed E-state index contributed by atoms with van der Waals surface area (Å²) in [6.07, 6.45) is 0.712. The van der Waals surface area contributed by atoms with Crippen LogP contribution < -0.4 is 5.32 Å². The van der Waals surface area contributed by atoms with Crippen molar-refractivity contribution < 1.29 is 9.50 Å². The van der Waals surface area contributed by atoms with Crippen LogP contribution in [0.4, 0.5) is 4.39 Å². The van der Waals surface area contributed by atoms with Gasteiger partial charge >= 0.3 is 0 Å². The van der Waals surface area contributed by atoms with Crippen molar-refractivity contribution in [3.8, 4) is 0 Å². The number of aliphatic hydroxyl groups is 1. The van der Waals surface area contributed by atoms with E-state index in [0.717, 1.165) is 5.56 Å². The number of hydrogen-bond acceptors (Lipinski definition) is 2. The molecule has 0 spiro atoms. The van der Waals surface area contributed by atoms with Crippen molar-refractivity contribution in [1.29, 1.82) is 0 Å². The van der Waals surface area contributed by atoms with E-state index in [2.05, 4.69) is 5.32 Å². The van der Waals surface area contributed by atoms with Crippen LogP contribution in [0.5, 0.6) is 0 Å². The highest BCUT2D eigenvalue weighted by molar-refractivity contribution is 5.15. The molecule has 0 amide bonds. The molecular formula is C12H18FNO. The molecule has 1 atom stereocenters. The van der Waals surface area contributed by atoms with Crippen LogP contribution in [0.25, 0.3) is 0 Å². The molecule has 1 aromatic carbocycles. The molecule has 0 aliphatic carbocycles.